The predicted molar refractivity (Wildman–Crippen MR) is 104 cm³/mol. The maximum Gasteiger partial charge on any atom is 0.416 e. The Morgan fingerprint density at radius 2 is 1.67 bits per heavy atom. The van der Waals surface area contributed by atoms with Gasteiger partial charge in [0.15, 0.2) is 0 Å². The van der Waals surface area contributed by atoms with Crippen LogP contribution in [0.4, 0.5) is 24.5 Å². The van der Waals surface area contributed by atoms with E-state index in [0.29, 0.717) is 32.2 Å². The molecule has 0 bridgehead atoms. The van der Waals surface area contributed by atoms with Crippen molar-refractivity contribution in [2.45, 2.75) is 33.4 Å². The van der Waals surface area contributed by atoms with Crippen LogP contribution < -0.4 is 5.32 Å². The molecule has 0 radical (unpaired) electrons. The third-order valence-corrected chi connectivity index (χ3v) is 4.74. The summed E-state index contributed by atoms with van der Waals surface area (Å²) in [4.78, 5) is 38.2. The van der Waals surface area contributed by atoms with Gasteiger partial charge in [-0.1, -0.05) is 20.8 Å². The number of nitrogens with one attached hydrogen (secondary N) is 1. The Bertz CT molecular complexity index is 813. The highest BCUT2D eigenvalue weighted by atomic mass is 19.4. The van der Waals surface area contributed by atoms with Gasteiger partial charge in [-0.05, 0) is 12.1 Å². The number of anilines is 1. The largest absolute Gasteiger partial charge is 0.416 e. The predicted octanol–water partition coefficient (Wildman–Crippen LogP) is 3.13. The summed E-state index contributed by atoms with van der Waals surface area (Å²) >= 11 is 0. The number of rotatable bonds is 5. The van der Waals surface area contributed by atoms with Crippen molar-refractivity contribution in [3.63, 3.8) is 0 Å². The average Bonchev–Trinajstić information content (AvgIpc) is 2.65. The summed E-state index contributed by atoms with van der Waals surface area (Å²) in [5.74, 6) is -0.175. The lowest BCUT2D eigenvalue weighted by Crippen LogP contribution is -2.53. The lowest BCUT2D eigenvalue weighted by Gasteiger charge is -2.37. The second-order valence-electron chi connectivity index (χ2n) is 8.09. The van der Waals surface area contributed by atoms with Gasteiger partial charge in [0.2, 0.25) is 11.8 Å². The number of hydrogen-bond donors (Lipinski definition) is 1. The van der Waals surface area contributed by atoms with E-state index in [-0.39, 0.29) is 30.5 Å². The molecule has 2 rings (SSSR count). The van der Waals surface area contributed by atoms with Crippen LogP contribution >= 0.6 is 0 Å². The standard InChI is InChI=1S/C19H25F3N4O4/c1-18(2,3)17(28)25-10-8-24(9-11-25)16(27)6-7-23-14-5-4-13(19(20,21)22)12-15(14)26(29)30/h4-5,12,23H,6-11H2,1-3H3. The van der Waals surface area contributed by atoms with Crippen molar-refractivity contribution in [3.05, 3.63) is 33.9 Å². The Hall–Kier alpha value is -2.85. The molecular formula is C19H25F3N4O4. The van der Waals surface area contributed by atoms with E-state index in [2.05, 4.69) is 5.32 Å². The zero-order valence-corrected chi connectivity index (χ0v) is 17.1. The van der Waals surface area contributed by atoms with Crippen molar-refractivity contribution in [2.75, 3.05) is 38.0 Å². The van der Waals surface area contributed by atoms with Gasteiger partial charge < -0.3 is 15.1 Å². The van der Waals surface area contributed by atoms with Crippen molar-refractivity contribution < 1.29 is 27.7 Å². The molecule has 0 atom stereocenters. The van der Waals surface area contributed by atoms with Gasteiger partial charge in [-0.2, -0.15) is 13.2 Å². The van der Waals surface area contributed by atoms with Crippen LogP contribution in [-0.2, 0) is 15.8 Å². The second kappa shape index (κ2) is 8.88. The number of piperazine rings is 1. The molecule has 1 aromatic rings. The maximum atomic E-state index is 12.8. The molecule has 2 amide bonds. The number of hydrogen-bond acceptors (Lipinski definition) is 5. The van der Waals surface area contributed by atoms with Gasteiger partial charge in [-0.25, -0.2) is 0 Å². The Morgan fingerprint density at radius 3 is 2.17 bits per heavy atom. The molecule has 1 fully saturated rings. The molecule has 1 aliphatic rings. The van der Waals surface area contributed by atoms with Crippen LogP contribution in [-0.4, -0.2) is 59.3 Å². The molecule has 0 saturated carbocycles. The normalized spacial score (nSPS) is 15.1. The van der Waals surface area contributed by atoms with Gasteiger partial charge in [-0.3, -0.25) is 19.7 Å². The summed E-state index contributed by atoms with van der Waals surface area (Å²) in [5, 5.41) is 13.8. The summed E-state index contributed by atoms with van der Waals surface area (Å²) in [5.41, 5.74) is -2.39. The molecule has 0 aliphatic carbocycles. The minimum Gasteiger partial charge on any atom is -0.379 e. The third kappa shape index (κ3) is 5.83. The van der Waals surface area contributed by atoms with Gasteiger partial charge in [0, 0.05) is 50.6 Å². The van der Waals surface area contributed by atoms with Crippen LogP contribution in [0.25, 0.3) is 0 Å². The van der Waals surface area contributed by atoms with Crippen LogP contribution in [0, 0.1) is 15.5 Å². The highest BCUT2D eigenvalue weighted by Crippen LogP contribution is 2.34. The average molecular weight is 430 g/mol. The van der Waals surface area contributed by atoms with Crippen LogP contribution in [0.15, 0.2) is 18.2 Å². The van der Waals surface area contributed by atoms with Gasteiger partial charge in [0.05, 0.1) is 10.5 Å². The molecule has 166 valence electrons. The zero-order valence-electron chi connectivity index (χ0n) is 17.1. The van der Waals surface area contributed by atoms with Crippen molar-refractivity contribution >= 4 is 23.2 Å². The van der Waals surface area contributed by atoms with Gasteiger partial charge in [0.25, 0.3) is 5.69 Å². The zero-order chi connectivity index (χ0) is 22.7. The minimum absolute atomic E-state index is 0.0192. The SMILES string of the molecule is CC(C)(C)C(=O)N1CCN(C(=O)CCNc2ccc(C(F)(F)F)cc2[N+](=O)[O-])CC1. The number of amides is 2. The number of nitro groups is 1. The molecule has 11 heteroatoms. The van der Waals surface area contributed by atoms with Crippen LogP contribution in [0.2, 0.25) is 0 Å². The van der Waals surface area contributed by atoms with E-state index in [1.807, 2.05) is 20.8 Å². The van der Waals surface area contributed by atoms with Crippen molar-refractivity contribution in [2.24, 2.45) is 5.41 Å². The Kier molecular flexibility index (Phi) is 6.94. The molecule has 1 heterocycles. The lowest BCUT2D eigenvalue weighted by molar-refractivity contribution is -0.384. The van der Waals surface area contributed by atoms with E-state index < -0.39 is 27.8 Å². The highest BCUT2D eigenvalue weighted by molar-refractivity contribution is 5.82. The lowest BCUT2D eigenvalue weighted by atomic mass is 9.94. The van der Waals surface area contributed by atoms with E-state index in [1.165, 1.54) is 0 Å². The molecule has 1 aliphatic heterocycles. The third-order valence-electron chi connectivity index (χ3n) is 4.74. The van der Waals surface area contributed by atoms with Crippen LogP contribution in [0.1, 0.15) is 32.8 Å². The number of benzene rings is 1. The minimum atomic E-state index is -4.68. The number of nitro benzene ring substituents is 1. The number of halogens is 3. The first-order valence-electron chi connectivity index (χ1n) is 9.47. The molecule has 0 spiro atoms. The monoisotopic (exact) mass is 430 g/mol. The summed E-state index contributed by atoms with van der Waals surface area (Å²) < 4.78 is 38.3. The number of carbonyl (C=O) groups is 2. The van der Waals surface area contributed by atoms with E-state index in [4.69, 9.17) is 0 Å². The fourth-order valence-electron chi connectivity index (χ4n) is 3.10. The van der Waals surface area contributed by atoms with Gasteiger partial charge in [0.1, 0.15) is 5.69 Å². The highest BCUT2D eigenvalue weighted by Gasteiger charge is 2.33. The molecule has 30 heavy (non-hydrogen) atoms. The molecule has 0 aromatic heterocycles. The van der Waals surface area contributed by atoms with Gasteiger partial charge >= 0.3 is 6.18 Å². The topological polar surface area (TPSA) is 95.8 Å². The van der Waals surface area contributed by atoms with Crippen molar-refractivity contribution in [1.82, 2.24) is 9.80 Å². The fourth-order valence-corrected chi connectivity index (χ4v) is 3.10. The fraction of sp³-hybridized carbons (Fsp3) is 0.579. The first-order chi connectivity index (χ1) is 13.8. The summed E-state index contributed by atoms with van der Waals surface area (Å²) in [6.45, 7) is 7.17. The van der Waals surface area contributed by atoms with E-state index >= 15 is 0 Å². The van der Waals surface area contributed by atoms with E-state index in [0.717, 1.165) is 12.1 Å². The number of alkyl halides is 3. The molecule has 8 nitrogen and oxygen atoms in total. The van der Waals surface area contributed by atoms with Crippen LogP contribution in [0.5, 0.6) is 0 Å². The summed E-state index contributed by atoms with van der Waals surface area (Å²) in [6.07, 6.45) is -4.67. The maximum absolute atomic E-state index is 12.8. The molecule has 1 aromatic carbocycles. The summed E-state index contributed by atoms with van der Waals surface area (Å²) in [7, 11) is 0. The number of nitrogens with zero attached hydrogens (tertiary/aromatic N) is 3. The van der Waals surface area contributed by atoms with Crippen LogP contribution in [0.3, 0.4) is 0 Å². The Balaban J connectivity index is 1.90. The van der Waals surface area contributed by atoms with Gasteiger partial charge in [-0.15, -0.1) is 0 Å². The summed E-state index contributed by atoms with van der Waals surface area (Å²) in [6, 6.07) is 2.21. The quantitative estimate of drug-likeness (QED) is 0.572. The van der Waals surface area contributed by atoms with Crippen molar-refractivity contribution in [1.29, 1.82) is 0 Å². The van der Waals surface area contributed by atoms with E-state index in [9.17, 15) is 32.9 Å². The first-order valence-corrected chi connectivity index (χ1v) is 9.47. The second-order valence-corrected chi connectivity index (χ2v) is 8.09. The Morgan fingerprint density at radius 1 is 1.10 bits per heavy atom. The smallest absolute Gasteiger partial charge is 0.379 e. The first kappa shape index (κ1) is 23.4. The number of carbonyl (C=O) groups excluding carboxylic acids is 2. The molecular weight excluding hydrogens is 405 g/mol. The molecule has 1 saturated heterocycles. The van der Waals surface area contributed by atoms with E-state index in [1.54, 1.807) is 9.80 Å². The molecule has 1 N–H and O–H groups in total. The van der Waals surface area contributed by atoms with Crippen molar-refractivity contribution in [3.8, 4) is 0 Å². The Labute approximate surface area is 172 Å². The molecule has 0 unspecified atom stereocenters.